The van der Waals surface area contributed by atoms with Gasteiger partial charge in [0.15, 0.2) is 5.96 Å². The molecule has 9 heteroatoms. The molecule has 0 aliphatic carbocycles. The van der Waals surface area contributed by atoms with E-state index in [9.17, 15) is 13.9 Å². The van der Waals surface area contributed by atoms with Gasteiger partial charge in [-0.1, -0.05) is 0 Å². The molecule has 1 atom stereocenters. The first kappa shape index (κ1) is 18.9. The number of aromatic nitrogens is 2. The first-order valence-corrected chi connectivity index (χ1v) is 7.95. The fraction of sp³-hybridized carbons (Fsp3) is 0.500. The highest BCUT2D eigenvalue weighted by Gasteiger charge is 2.27. The lowest BCUT2D eigenvalue weighted by atomic mass is 10.0. The zero-order chi connectivity index (χ0) is 18.4. The summed E-state index contributed by atoms with van der Waals surface area (Å²) in [5.74, 6) is 1.67. The summed E-state index contributed by atoms with van der Waals surface area (Å²) in [6.07, 6.45) is 2.52. The van der Waals surface area contributed by atoms with Crippen molar-refractivity contribution >= 4 is 5.96 Å². The third-order valence-corrected chi connectivity index (χ3v) is 3.55. The van der Waals surface area contributed by atoms with Gasteiger partial charge in [0.2, 0.25) is 0 Å². The number of imidazole rings is 1. The van der Waals surface area contributed by atoms with Crippen molar-refractivity contribution in [2.45, 2.75) is 39.5 Å². The smallest absolute Gasteiger partial charge is 0.319 e. The van der Waals surface area contributed by atoms with Crippen LogP contribution < -0.4 is 10.6 Å². The SMILES string of the molecule is CCNC(=NCc1nccn1C(F)F)NCC(C)(O)c1ccc(C)o1. The van der Waals surface area contributed by atoms with Crippen LogP contribution in [0.15, 0.2) is 33.9 Å². The lowest BCUT2D eigenvalue weighted by Crippen LogP contribution is -2.44. The highest BCUT2D eigenvalue weighted by Crippen LogP contribution is 2.21. The summed E-state index contributed by atoms with van der Waals surface area (Å²) >= 11 is 0. The Balaban J connectivity index is 2.03. The van der Waals surface area contributed by atoms with Crippen molar-refractivity contribution in [2.75, 3.05) is 13.1 Å². The number of nitrogens with one attached hydrogen (secondary N) is 2. The van der Waals surface area contributed by atoms with Gasteiger partial charge in [0.25, 0.3) is 0 Å². The molecule has 0 bridgehead atoms. The number of halogens is 2. The van der Waals surface area contributed by atoms with Crippen molar-refractivity contribution < 1.29 is 18.3 Å². The van der Waals surface area contributed by atoms with Gasteiger partial charge in [0, 0.05) is 18.9 Å². The molecule has 2 aromatic heterocycles. The number of guanidine groups is 1. The van der Waals surface area contributed by atoms with Gasteiger partial charge >= 0.3 is 6.55 Å². The molecule has 25 heavy (non-hydrogen) atoms. The zero-order valence-corrected chi connectivity index (χ0v) is 14.5. The summed E-state index contributed by atoms with van der Waals surface area (Å²) in [4.78, 5) is 8.12. The summed E-state index contributed by atoms with van der Waals surface area (Å²) < 4.78 is 31.9. The maximum absolute atomic E-state index is 12.8. The molecule has 0 saturated heterocycles. The van der Waals surface area contributed by atoms with Crippen LogP contribution in [-0.4, -0.2) is 33.7 Å². The third kappa shape index (κ3) is 5.02. The first-order chi connectivity index (χ1) is 11.8. The van der Waals surface area contributed by atoms with Crippen LogP contribution >= 0.6 is 0 Å². The number of nitrogens with zero attached hydrogens (tertiary/aromatic N) is 3. The van der Waals surface area contributed by atoms with Crippen LogP contribution in [0.2, 0.25) is 0 Å². The van der Waals surface area contributed by atoms with E-state index in [-0.39, 0.29) is 18.9 Å². The molecular weight excluding hydrogens is 332 g/mol. The van der Waals surface area contributed by atoms with Crippen molar-refractivity contribution in [2.24, 2.45) is 4.99 Å². The monoisotopic (exact) mass is 355 g/mol. The molecule has 138 valence electrons. The maximum atomic E-state index is 12.8. The molecule has 2 heterocycles. The van der Waals surface area contributed by atoms with Crippen LogP contribution in [0.25, 0.3) is 0 Å². The molecule has 0 amide bonds. The Hall–Kier alpha value is -2.42. The van der Waals surface area contributed by atoms with Gasteiger partial charge in [-0.3, -0.25) is 4.57 Å². The number of furan rings is 1. The van der Waals surface area contributed by atoms with Crippen molar-refractivity contribution in [3.8, 4) is 0 Å². The zero-order valence-electron chi connectivity index (χ0n) is 14.5. The second kappa shape index (κ2) is 8.11. The summed E-state index contributed by atoms with van der Waals surface area (Å²) in [5.41, 5.74) is -1.24. The third-order valence-electron chi connectivity index (χ3n) is 3.55. The molecule has 3 N–H and O–H groups in total. The fourth-order valence-corrected chi connectivity index (χ4v) is 2.20. The molecule has 0 aliphatic heterocycles. The Morgan fingerprint density at radius 2 is 2.20 bits per heavy atom. The quantitative estimate of drug-likeness (QED) is 0.523. The van der Waals surface area contributed by atoms with E-state index in [1.54, 1.807) is 26.0 Å². The Kier molecular flexibility index (Phi) is 6.13. The lowest BCUT2D eigenvalue weighted by molar-refractivity contribution is 0.0378. The predicted octanol–water partition coefficient (Wildman–Crippen LogP) is 2.14. The van der Waals surface area contributed by atoms with Crippen molar-refractivity contribution in [1.82, 2.24) is 20.2 Å². The molecule has 0 fully saturated rings. The van der Waals surface area contributed by atoms with Crippen LogP contribution in [0.1, 0.15) is 37.7 Å². The van der Waals surface area contributed by atoms with E-state index in [4.69, 9.17) is 4.42 Å². The fourth-order valence-electron chi connectivity index (χ4n) is 2.20. The van der Waals surface area contributed by atoms with Crippen molar-refractivity contribution in [1.29, 1.82) is 0 Å². The molecule has 1 unspecified atom stereocenters. The summed E-state index contributed by atoms with van der Waals surface area (Å²) in [7, 11) is 0. The van der Waals surface area contributed by atoms with Crippen molar-refractivity contribution in [3.63, 3.8) is 0 Å². The molecule has 0 radical (unpaired) electrons. The van der Waals surface area contributed by atoms with E-state index in [1.165, 1.54) is 12.4 Å². The molecule has 2 aromatic rings. The number of rotatable bonds is 7. The standard InChI is InChI=1S/C16H23F2N5O2/c1-4-19-15(21-9-13-20-7-8-23(13)14(17)18)22-10-16(3,24)12-6-5-11(2)25-12/h5-8,14,24H,4,9-10H2,1-3H3,(H2,19,21,22). The van der Waals surface area contributed by atoms with E-state index >= 15 is 0 Å². The number of hydrogen-bond donors (Lipinski definition) is 3. The second-order valence-electron chi connectivity index (χ2n) is 5.76. The van der Waals surface area contributed by atoms with E-state index in [0.29, 0.717) is 24.0 Å². The second-order valence-corrected chi connectivity index (χ2v) is 5.76. The maximum Gasteiger partial charge on any atom is 0.319 e. The van der Waals surface area contributed by atoms with E-state index < -0.39 is 12.2 Å². The largest absolute Gasteiger partial charge is 0.463 e. The van der Waals surface area contributed by atoms with Gasteiger partial charge in [-0.15, -0.1) is 0 Å². The molecule has 7 nitrogen and oxygen atoms in total. The van der Waals surface area contributed by atoms with Crippen LogP contribution in [0.3, 0.4) is 0 Å². The minimum Gasteiger partial charge on any atom is -0.463 e. The van der Waals surface area contributed by atoms with Crippen LogP contribution in [-0.2, 0) is 12.1 Å². The van der Waals surface area contributed by atoms with Crippen molar-refractivity contribution in [3.05, 3.63) is 41.9 Å². The number of aryl methyl sites for hydroxylation is 1. The Morgan fingerprint density at radius 3 is 2.80 bits per heavy atom. The van der Waals surface area contributed by atoms with E-state index in [1.807, 2.05) is 6.92 Å². The number of hydrogen-bond acceptors (Lipinski definition) is 4. The van der Waals surface area contributed by atoms with Gasteiger partial charge in [-0.2, -0.15) is 8.78 Å². The van der Waals surface area contributed by atoms with E-state index in [2.05, 4.69) is 20.6 Å². The Labute approximate surface area is 144 Å². The molecule has 0 aromatic carbocycles. The Morgan fingerprint density at radius 1 is 1.44 bits per heavy atom. The van der Waals surface area contributed by atoms with Gasteiger partial charge in [-0.05, 0) is 32.9 Å². The predicted molar refractivity (Wildman–Crippen MR) is 89.3 cm³/mol. The average molecular weight is 355 g/mol. The van der Waals surface area contributed by atoms with Gasteiger partial charge < -0.3 is 20.2 Å². The van der Waals surface area contributed by atoms with E-state index in [0.717, 1.165) is 4.57 Å². The van der Waals surface area contributed by atoms with Crippen LogP contribution in [0.5, 0.6) is 0 Å². The Bertz CT molecular complexity index is 709. The number of aliphatic hydroxyl groups is 1. The normalized spacial score (nSPS) is 14.6. The van der Waals surface area contributed by atoms with Gasteiger partial charge in [0.1, 0.15) is 29.5 Å². The molecule has 0 aliphatic rings. The minimum atomic E-state index is -2.66. The summed E-state index contributed by atoms with van der Waals surface area (Å²) in [6, 6.07) is 3.48. The first-order valence-electron chi connectivity index (χ1n) is 7.95. The lowest BCUT2D eigenvalue weighted by Gasteiger charge is -2.22. The summed E-state index contributed by atoms with van der Waals surface area (Å²) in [6.45, 7) is 3.33. The number of alkyl halides is 2. The molecule has 0 spiro atoms. The molecular formula is C16H23F2N5O2. The van der Waals surface area contributed by atoms with Crippen LogP contribution in [0, 0.1) is 6.92 Å². The minimum absolute atomic E-state index is 0.0192. The number of aliphatic imine (C=N–C) groups is 1. The highest BCUT2D eigenvalue weighted by molar-refractivity contribution is 5.79. The molecule has 2 rings (SSSR count). The topological polar surface area (TPSA) is 87.6 Å². The van der Waals surface area contributed by atoms with Gasteiger partial charge in [0.05, 0.1) is 6.54 Å². The highest BCUT2D eigenvalue weighted by atomic mass is 19.3. The molecule has 0 saturated carbocycles. The average Bonchev–Trinajstić information content (AvgIpc) is 3.19. The van der Waals surface area contributed by atoms with Crippen LogP contribution in [0.4, 0.5) is 8.78 Å². The summed E-state index contributed by atoms with van der Waals surface area (Å²) in [5, 5.41) is 16.5. The van der Waals surface area contributed by atoms with Gasteiger partial charge in [-0.25, -0.2) is 9.98 Å².